The summed E-state index contributed by atoms with van der Waals surface area (Å²) in [6, 6.07) is 13.8. The minimum Gasteiger partial charge on any atom is -0.496 e. The molecule has 0 fully saturated rings. The molecule has 1 aromatic heterocycles. The first kappa shape index (κ1) is 11.8. The number of hydrogen-bond acceptors (Lipinski definition) is 4. The fourth-order valence-corrected chi connectivity index (χ4v) is 2.34. The lowest BCUT2D eigenvalue weighted by Gasteiger charge is -2.07. The first-order chi connectivity index (χ1) is 8.33. The number of rotatable bonds is 4. The first-order valence-corrected chi connectivity index (χ1v) is 6.11. The highest BCUT2D eigenvalue weighted by atomic mass is 32.2. The third kappa shape index (κ3) is 2.91. The Kier molecular flexibility index (Phi) is 3.88. The Labute approximate surface area is 105 Å². The lowest BCUT2D eigenvalue weighted by Crippen LogP contribution is -1.92. The fourth-order valence-electron chi connectivity index (χ4n) is 1.43. The molecule has 88 valence electrons. The van der Waals surface area contributed by atoms with Gasteiger partial charge in [0.2, 0.25) is 0 Å². The van der Waals surface area contributed by atoms with Gasteiger partial charge in [0.15, 0.2) is 0 Å². The maximum atomic E-state index is 5.31. The summed E-state index contributed by atoms with van der Waals surface area (Å²) in [6.45, 7) is 0. The second-order valence-electron chi connectivity index (χ2n) is 3.36. The molecule has 1 N–H and O–H groups in total. The van der Waals surface area contributed by atoms with Crippen LogP contribution in [0.2, 0.25) is 0 Å². The fraction of sp³-hybridized carbons (Fsp3) is 0.154. The number of pyridine rings is 1. The van der Waals surface area contributed by atoms with Crippen LogP contribution in [0, 0.1) is 0 Å². The smallest absolute Gasteiger partial charge is 0.132 e. The summed E-state index contributed by atoms with van der Waals surface area (Å²) in [7, 11) is 3.54. The largest absolute Gasteiger partial charge is 0.496 e. The molecule has 17 heavy (non-hydrogen) atoms. The highest BCUT2D eigenvalue weighted by molar-refractivity contribution is 7.99. The van der Waals surface area contributed by atoms with Crippen molar-refractivity contribution in [2.24, 2.45) is 0 Å². The van der Waals surface area contributed by atoms with E-state index in [2.05, 4.69) is 10.3 Å². The van der Waals surface area contributed by atoms with Crippen LogP contribution >= 0.6 is 11.8 Å². The van der Waals surface area contributed by atoms with Crippen molar-refractivity contribution >= 4 is 17.6 Å². The van der Waals surface area contributed by atoms with E-state index in [1.54, 1.807) is 18.9 Å². The Morgan fingerprint density at radius 2 is 1.94 bits per heavy atom. The molecule has 0 atom stereocenters. The normalized spacial score (nSPS) is 10.0. The Balaban J connectivity index is 2.24. The maximum absolute atomic E-state index is 5.31. The van der Waals surface area contributed by atoms with Crippen LogP contribution in [-0.2, 0) is 0 Å². The van der Waals surface area contributed by atoms with Crippen molar-refractivity contribution in [2.75, 3.05) is 19.5 Å². The molecule has 0 aliphatic carbocycles. The molecule has 0 saturated heterocycles. The van der Waals surface area contributed by atoms with E-state index in [9.17, 15) is 0 Å². The summed E-state index contributed by atoms with van der Waals surface area (Å²) >= 11 is 1.59. The third-order valence-corrected chi connectivity index (χ3v) is 3.26. The van der Waals surface area contributed by atoms with Gasteiger partial charge in [0.25, 0.3) is 0 Å². The van der Waals surface area contributed by atoms with Gasteiger partial charge in [-0.1, -0.05) is 30.0 Å². The van der Waals surface area contributed by atoms with Crippen molar-refractivity contribution in [3.63, 3.8) is 0 Å². The van der Waals surface area contributed by atoms with Crippen LogP contribution in [0.3, 0.4) is 0 Å². The molecular formula is C13H14N2OS. The van der Waals surface area contributed by atoms with Crippen LogP contribution in [0.25, 0.3) is 0 Å². The number of ether oxygens (including phenoxy) is 1. The average Bonchev–Trinajstić information content (AvgIpc) is 2.39. The van der Waals surface area contributed by atoms with Crippen molar-refractivity contribution in [3.8, 4) is 5.75 Å². The Hall–Kier alpha value is -1.68. The molecule has 0 aliphatic heterocycles. The third-order valence-electron chi connectivity index (χ3n) is 2.26. The van der Waals surface area contributed by atoms with Gasteiger partial charge < -0.3 is 10.1 Å². The summed E-state index contributed by atoms with van der Waals surface area (Å²) in [5.74, 6) is 1.74. The van der Waals surface area contributed by atoms with Crippen LogP contribution in [0.15, 0.2) is 52.4 Å². The summed E-state index contributed by atoms with van der Waals surface area (Å²) < 4.78 is 5.31. The number of hydrogen-bond donors (Lipinski definition) is 1. The van der Waals surface area contributed by atoms with Crippen LogP contribution in [-0.4, -0.2) is 19.1 Å². The standard InChI is InChI=1S/C13H14N2OS/c1-14-12-8-5-9-13(15-12)17-11-7-4-3-6-10(11)16-2/h3-9H,1-2H3,(H,14,15). The van der Waals surface area contributed by atoms with Gasteiger partial charge in [-0.2, -0.15) is 0 Å². The second-order valence-corrected chi connectivity index (χ2v) is 4.43. The number of nitrogens with one attached hydrogen (secondary N) is 1. The predicted octanol–water partition coefficient (Wildman–Crippen LogP) is 3.28. The van der Waals surface area contributed by atoms with Crippen LogP contribution in [0.5, 0.6) is 5.75 Å². The van der Waals surface area contributed by atoms with Gasteiger partial charge in [-0.25, -0.2) is 4.98 Å². The lowest BCUT2D eigenvalue weighted by atomic mass is 10.3. The van der Waals surface area contributed by atoms with Gasteiger partial charge in [0, 0.05) is 7.05 Å². The van der Waals surface area contributed by atoms with E-state index in [1.807, 2.05) is 49.5 Å². The second kappa shape index (κ2) is 5.59. The molecule has 4 heteroatoms. The summed E-state index contributed by atoms with van der Waals surface area (Å²) in [4.78, 5) is 5.52. The van der Waals surface area contributed by atoms with Gasteiger partial charge in [0.05, 0.1) is 12.0 Å². The van der Waals surface area contributed by atoms with E-state index < -0.39 is 0 Å². The van der Waals surface area contributed by atoms with E-state index in [4.69, 9.17) is 4.74 Å². The first-order valence-electron chi connectivity index (χ1n) is 5.29. The van der Waals surface area contributed by atoms with E-state index in [1.165, 1.54) is 0 Å². The predicted molar refractivity (Wildman–Crippen MR) is 70.9 cm³/mol. The van der Waals surface area contributed by atoms with Crippen molar-refractivity contribution in [1.82, 2.24) is 4.98 Å². The number of anilines is 1. The molecule has 1 heterocycles. The minimum atomic E-state index is 0.866. The van der Waals surface area contributed by atoms with E-state index in [-0.39, 0.29) is 0 Å². The SMILES string of the molecule is CNc1cccc(Sc2ccccc2OC)n1. The zero-order valence-electron chi connectivity index (χ0n) is 9.81. The van der Waals surface area contributed by atoms with Crippen LogP contribution in [0.4, 0.5) is 5.82 Å². The van der Waals surface area contributed by atoms with Gasteiger partial charge in [-0.3, -0.25) is 0 Å². The van der Waals surface area contributed by atoms with Crippen LogP contribution < -0.4 is 10.1 Å². The summed E-state index contributed by atoms with van der Waals surface area (Å²) in [6.07, 6.45) is 0. The minimum absolute atomic E-state index is 0.866. The average molecular weight is 246 g/mol. The van der Waals surface area contributed by atoms with Gasteiger partial charge in [-0.05, 0) is 24.3 Å². The van der Waals surface area contributed by atoms with E-state index in [0.717, 1.165) is 21.5 Å². The van der Waals surface area contributed by atoms with Crippen molar-refractivity contribution < 1.29 is 4.74 Å². The highest BCUT2D eigenvalue weighted by Crippen LogP contribution is 2.33. The molecule has 0 bridgehead atoms. The summed E-state index contributed by atoms with van der Waals surface area (Å²) in [5, 5.41) is 3.97. The summed E-state index contributed by atoms with van der Waals surface area (Å²) in [5.41, 5.74) is 0. The van der Waals surface area contributed by atoms with Crippen molar-refractivity contribution in [3.05, 3.63) is 42.5 Å². The molecule has 0 radical (unpaired) electrons. The monoisotopic (exact) mass is 246 g/mol. The molecule has 0 aliphatic rings. The lowest BCUT2D eigenvalue weighted by molar-refractivity contribution is 0.405. The maximum Gasteiger partial charge on any atom is 0.132 e. The number of aromatic nitrogens is 1. The molecule has 2 rings (SSSR count). The van der Waals surface area contributed by atoms with Crippen LogP contribution in [0.1, 0.15) is 0 Å². The van der Waals surface area contributed by atoms with Gasteiger partial charge >= 0.3 is 0 Å². The van der Waals surface area contributed by atoms with Gasteiger partial charge in [0.1, 0.15) is 16.6 Å². The highest BCUT2D eigenvalue weighted by Gasteiger charge is 2.05. The number of nitrogens with zero attached hydrogens (tertiary/aromatic N) is 1. The Morgan fingerprint density at radius 3 is 2.71 bits per heavy atom. The molecule has 0 amide bonds. The molecule has 3 nitrogen and oxygen atoms in total. The van der Waals surface area contributed by atoms with Crippen molar-refractivity contribution in [2.45, 2.75) is 9.92 Å². The molecule has 1 aromatic carbocycles. The van der Waals surface area contributed by atoms with Gasteiger partial charge in [-0.15, -0.1) is 0 Å². The molecule has 0 saturated carbocycles. The zero-order valence-corrected chi connectivity index (χ0v) is 10.6. The number of methoxy groups -OCH3 is 1. The van der Waals surface area contributed by atoms with E-state index in [0.29, 0.717) is 0 Å². The zero-order chi connectivity index (χ0) is 12.1. The molecular weight excluding hydrogens is 232 g/mol. The van der Waals surface area contributed by atoms with Crippen molar-refractivity contribution in [1.29, 1.82) is 0 Å². The molecule has 0 spiro atoms. The number of benzene rings is 1. The Bertz CT molecular complexity index is 502. The molecule has 0 unspecified atom stereocenters. The Morgan fingerprint density at radius 1 is 1.12 bits per heavy atom. The molecule has 2 aromatic rings. The topological polar surface area (TPSA) is 34.1 Å². The number of para-hydroxylation sites is 1. The quantitative estimate of drug-likeness (QED) is 0.897. The van der Waals surface area contributed by atoms with E-state index >= 15 is 0 Å².